The molecule has 0 atom stereocenters. The van der Waals surface area contributed by atoms with E-state index in [0.717, 1.165) is 12.8 Å². The van der Waals surface area contributed by atoms with E-state index in [1.165, 1.54) is 7.11 Å². The number of hydrogen-bond donors (Lipinski definition) is 2. The van der Waals surface area contributed by atoms with Gasteiger partial charge in [0, 0.05) is 17.7 Å². The number of methoxy groups -OCH3 is 1. The van der Waals surface area contributed by atoms with Crippen LogP contribution in [0.4, 0.5) is 11.7 Å². The van der Waals surface area contributed by atoms with Gasteiger partial charge < -0.3 is 14.9 Å². The third-order valence-corrected chi connectivity index (χ3v) is 3.06. The Bertz CT molecular complexity index is 649. The minimum Gasteiger partial charge on any atom is -0.496 e. The molecule has 2 aromatic rings. The Kier molecular flexibility index (Phi) is 3.02. The number of nitrogens with zero attached hydrogens (tertiary/aromatic N) is 2. The molecule has 1 aromatic heterocycles. The second-order valence-corrected chi connectivity index (χ2v) is 4.63. The number of nitrogen functional groups attached to an aromatic ring is 1. The van der Waals surface area contributed by atoms with Crippen molar-refractivity contribution in [1.82, 2.24) is 10.2 Å². The molecule has 0 bridgehead atoms. The third-order valence-electron chi connectivity index (χ3n) is 3.06. The molecule has 1 heterocycles. The zero-order valence-electron chi connectivity index (χ0n) is 10.9. The maximum Gasteiger partial charge on any atom is 0.322 e. The predicted octanol–water partition coefficient (Wildman–Crippen LogP) is 1.79. The van der Waals surface area contributed by atoms with E-state index in [1.807, 2.05) is 0 Å². The van der Waals surface area contributed by atoms with Crippen molar-refractivity contribution in [3.63, 3.8) is 0 Å². The van der Waals surface area contributed by atoms with Crippen molar-refractivity contribution in [2.75, 3.05) is 18.2 Å². The normalized spacial score (nSPS) is 14.1. The van der Waals surface area contributed by atoms with Gasteiger partial charge in [0.25, 0.3) is 5.91 Å². The van der Waals surface area contributed by atoms with Crippen molar-refractivity contribution in [3.05, 3.63) is 29.7 Å². The van der Waals surface area contributed by atoms with E-state index in [0.29, 0.717) is 28.8 Å². The standard InChI is InChI=1S/C13H14N4O3/c1-19-10-6-8(14)4-5-9(10)11(18)15-13-17-16-12(20-13)7-2-3-7/h4-7H,2-3,14H2,1H3,(H,15,17,18). The highest BCUT2D eigenvalue weighted by Crippen LogP contribution is 2.39. The van der Waals surface area contributed by atoms with Crippen LogP contribution in [0.3, 0.4) is 0 Å². The van der Waals surface area contributed by atoms with Crippen LogP contribution in [0.5, 0.6) is 5.75 Å². The summed E-state index contributed by atoms with van der Waals surface area (Å²) in [5.74, 6) is 0.932. The molecule has 1 aromatic carbocycles. The van der Waals surface area contributed by atoms with Gasteiger partial charge in [-0.05, 0) is 25.0 Å². The zero-order chi connectivity index (χ0) is 14.1. The molecular formula is C13H14N4O3. The number of aromatic nitrogens is 2. The largest absolute Gasteiger partial charge is 0.496 e. The van der Waals surface area contributed by atoms with Crippen LogP contribution in [0.25, 0.3) is 0 Å². The monoisotopic (exact) mass is 274 g/mol. The van der Waals surface area contributed by atoms with Crippen molar-refractivity contribution < 1.29 is 13.9 Å². The lowest BCUT2D eigenvalue weighted by atomic mass is 10.1. The number of nitrogens with two attached hydrogens (primary N) is 1. The molecule has 1 aliphatic carbocycles. The number of carbonyl (C=O) groups is 1. The van der Waals surface area contributed by atoms with E-state index < -0.39 is 0 Å². The van der Waals surface area contributed by atoms with Crippen LogP contribution >= 0.6 is 0 Å². The summed E-state index contributed by atoms with van der Waals surface area (Å²) in [5, 5.41) is 10.3. The SMILES string of the molecule is COc1cc(N)ccc1C(=O)Nc1nnc(C2CC2)o1. The van der Waals surface area contributed by atoms with Gasteiger partial charge >= 0.3 is 6.01 Å². The topological polar surface area (TPSA) is 103 Å². The first-order valence-corrected chi connectivity index (χ1v) is 6.25. The van der Waals surface area contributed by atoms with Gasteiger partial charge in [0.1, 0.15) is 5.75 Å². The van der Waals surface area contributed by atoms with Gasteiger partial charge in [0.05, 0.1) is 12.7 Å². The molecule has 0 unspecified atom stereocenters. The maximum atomic E-state index is 12.1. The van der Waals surface area contributed by atoms with Crippen molar-refractivity contribution in [2.45, 2.75) is 18.8 Å². The van der Waals surface area contributed by atoms with Crippen LogP contribution in [0.15, 0.2) is 22.6 Å². The predicted molar refractivity (Wildman–Crippen MR) is 71.6 cm³/mol. The Labute approximate surface area is 115 Å². The molecule has 1 amide bonds. The number of rotatable bonds is 4. The van der Waals surface area contributed by atoms with E-state index >= 15 is 0 Å². The minimum atomic E-state index is -0.382. The van der Waals surface area contributed by atoms with Crippen LogP contribution in [0.2, 0.25) is 0 Å². The highest BCUT2D eigenvalue weighted by atomic mass is 16.5. The number of carbonyl (C=O) groups excluding carboxylic acids is 1. The van der Waals surface area contributed by atoms with Crippen molar-refractivity contribution in [3.8, 4) is 5.75 Å². The molecule has 3 rings (SSSR count). The summed E-state index contributed by atoms with van der Waals surface area (Å²) >= 11 is 0. The van der Waals surface area contributed by atoms with Gasteiger partial charge in [-0.25, -0.2) is 0 Å². The summed E-state index contributed by atoms with van der Waals surface area (Å²) in [6.45, 7) is 0. The van der Waals surface area contributed by atoms with Gasteiger partial charge in [-0.3, -0.25) is 10.1 Å². The van der Waals surface area contributed by atoms with Gasteiger partial charge in [0.15, 0.2) is 0 Å². The molecule has 0 spiro atoms. The molecule has 7 heteroatoms. The average Bonchev–Trinajstić information content (AvgIpc) is 3.19. The second-order valence-electron chi connectivity index (χ2n) is 4.63. The summed E-state index contributed by atoms with van der Waals surface area (Å²) in [4.78, 5) is 12.1. The number of ether oxygens (including phenoxy) is 1. The fraction of sp³-hybridized carbons (Fsp3) is 0.308. The van der Waals surface area contributed by atoms with Crippen LogP contribution in [0, 0.1) is 0 Å². The fourth-order valence-electron chi connectivity index (χ4n) is 1.84. The molecule has 0 aliphatic heterocycles. The molecule has 1 aliphatic rings. The molecule has 20 heavy (non-hydrogen) atoms. The summed E-state index contributed by atoms with van der Waals surface area (Å²) in [6, 6.07) is 4.89. The van der Waals surface area contributed by atoms with Gasteiger partial charge in [-0.15, -0.1) is 5.10 Å². The van der Waals surface area contributed by atoms with E-state index in [9.17, 15) is 4.79 Å². The van der Waals surface area contributed by atoms with Crippen molar-refractivity contribution >= 4 is 17.6 Å². The van der Waals surface area contributed by atoms with Crippen molar-refractivity contribution in [2.24, 2.45) is 0 Å². The maximum absolute atomic E-state index is 12.1. The van der Waals surface area contributed by atoms with Gasteiger partial charge in [-0.1, -0.05) is 5.10 Å². The molecule has 1 saturated carbocycles. The lowest BCUT2D eigenvalue weighted by molar-refractivity contribution is 0.102. The Morgan fingerprint density at radius 1 is 1.45 bits per heavy atom. The minimum absolute atomic E-state index is 0.0933. The van der Waals surface area contributed by atoms with E-state index in [-0.39, 0.29) is 11.9 Å². The lowest BCUT2D eigenvalue weighted by Gasteiger charge is -2.07. The third kappa shape index (κ3) is 2.42. The van der Waals surface area contributed by atoms with Crippen molar-refractivity contribution in [1.29, 1.82) is 0 Å². The molecule has 1 fully saturated rings. The first kappa shape index (κ1) is 12.5. The van der Waals surface area contributed by atoms with Gasteiger partial charge in [-0.2, -0.15) is 0 Å². The summed E-state index contributed by atoms with van der Waals surface area (Å²) in [6.07, 6.45) is 2.11. The Hall–Kier alpha value is -2.57. The quantitative estimate of drug-likeness (QED) is 0.824. The molecule has 0 saturated heterocycles. The molecule has 7 nitrogen and oxygen atoms in total. The molecular weight excluding hydrogens is 260 g/mol. The zero-order valence-corrected chi connectivity index (χ0v) is 10.9. The summed E-state index contributed by atoms with van der Waals surface area (Å²) in [5.41, 5.74) is 6.52. The Morgan fingerprint density at radius 2 is 2.25 bits per heavy atom. The molecule has 0 radical (unpaired) electrons. The number of nitrogens with one attached hydrogen (secondary N) is 1. The first-order valence-electron chi connectivity index (χ1n) is 6.25. The average molecular weight is 274 g/mol. The van der Waals surface area contributed by atoms with Crippen LogP contribution in [-0.2, 0) is 0 Å². The fourth-order valence-corrected chi connectivity index (χ4v) is 1.84. The van der Waals surface area contributed by atoms with E-state index in [1.54, 1.807) is 18.2 Å². The number of amides is 1. The number of hydrogen-bond acceptors (Lipinski definition) is 6. The molecule has 3 N–H and O–H groups in total. The Morgan fingerprint density at radius 3 is 2.95 bits per heavy atom. The number of benzene rings is 1. The lowest BCUT2D eigenvalue weighted by Crippen LogP contribution is -2.13. The highest BCUT2D eigenvalue weighted by molar-refractivity contribution is 6.05. The highest BCUT2D eigenvalue weighted by Gasteiger charge is 2.29. The Balaban J connectivity index is 1.77. The summed E-state index contributed by atoms with van der Waals surface area (Å²) in [7, 11) is 1.48. The van der Waals surface area contributed by atoms with E-state index in [2.05, 4.69) is 15.5 Å². The van der Waals surface area contributed by atoms with E-state index in [4.69, 9.17) is 14.9 Å². The molecule has 104 valence electrons. The van der Waals surface area contributed by atoms with Crippen LogP contribution < -0.4 is 15.8 Å². The summed E-state index contributed by atoms with van der Waals surface area (Å²) < 4.78 is 10.5. The smallest absolute Gasteiger partial charge is 0.322 e. The first-order chi connectivity index (χ1) is 9.67. The van der Waals surface area contributed by atoms with Gasteiger partial charge in [0.2, 0.25) is 5.89 Å². The number of anilines is 2. The van der Waals surface area contributed by atoms with Crippen LogP contribution in [-0.4, -0.2) is 23.2 Å². The second kappa shape index (κ2) is 4.84. The van der Waals surface area contributed by atoms with Crippen LogP contribution in [0.1, 0.15) is 35.0 Å².